The Balaban J connectivity index is 2.29. The molecule has 0 fully saturated rings. The fraction of sp³-hybridized carbons (Fsp3) is 0.778. The molecule has 1 unspecified atom stereocenters. The smallest absolute Gasteiger partial charge is 0.100 e. The predicted octanol–water partition coefficient (Wildman–Crippen LogP) is 2.00. The number of aromatic nitrogens is 3. The molecule has 1 aromatic rings. The summed E-state index contributed by atoms with van der Waals surface area (Å²) in [7, 11) is 0. The van der Waals surface area contributed by atoms with Gasteiger partial charge in [-0.25, -0.2) is 0 Å². The minimum absolute atomic E-state index is 0.0735. The van der Waals surface area contributed by atoms with Crippen LogP contribution in [-0.2, 0) is 11.3 Å². The van der Waals surface area contributed by atoms with Crippen molar-refractivity contribution in [3.8, 4) is 0 Å². The number of alkyl halides is 1. The summed E-state index contributed by atoms with van der Waals surface area (Å²) in [6, 6.07) is 0. The van der Waals surface area contributed by atoms with Crippen molar-refractivity contribution in [2.45, 2.75) is 32.2 Å². The predicted molar refractivity (Wildman–Crippen MR) is 55.4 cm³/mol. The summed E-state index contributed by atoms with van der Waals surface area (Å²) in [5, 5.41) is 7.84. The first kappa shape index (κ1) is 11.5. The summed E-state index contributed by atoms with van der Waals surface area (Å²) in [6.45, 7) is 6.24. The highest BCUT2D eigenvalue weighted by Crippen LogP contribution is 2.15. The van der Waals surface area contributed by atoms with Gasteiger partial charge >= 0.3 is 0 Å². The summed E-state index contributed by atoms with van der Waals surface area (Å²) in [5.41, 5.74) is 0.822. The molecule has 0 aliphatic heterocycles. The van der Waals surface area contributed by atoms with Crippen molar-refractivity contribution in [1.29, 1.82) is 0 Å². The van der Waals surface area contributed by atoms with E-state index in [1.807, 2.05) is 20.0 Å². The second-order valence-electron chi connectivity index (χ2n) is 3.07. The Morgan fingerprint density at radius 3 is 3.00 bits per heavy atom. The molecule has 0 bridgehead atoms. The highest BCUT2D eigenvalue weighted by Gasteiger charge is 2.05. The Kier molecular flexibility index (Phi) is 4.90. The lowest BCUT2D eigenvalue weighted by molar-refractivity contribution is 0.140. The van der Waals surface area contributed by atoms with Gasteiger partial charge in [0.1, 0.15) is 5.69 Å². The lowest BCUT2D eigenvalue weighted by atomic mass is 10.4. The fourth-order valence-corrected chi connectivity index (χ4v) is 1.18. The van der Waals surface area contributed by atoms with E-state index in [1.54, 1.807) is 4.68 Å². The van der Waals surface area contributed by atoms with Crippen molar-refractivity contribution in [3.63, 3.8) is 0 Å². The SMILES string of the molecule is CCOCCCn1cc(C(C)Cl)nn1. The molecule has 4 nitrogen and oxygen atoms in total. The Labute approximate surface area is 89.2 Å². The van der Waals surface area contributed by atoms with Crippen molar-refractivity contribution in [3.05, 3.63) is 11.9 Å². The normalized spacial score (nSPS) is 13.1. The molecular weight excluding hydrogens is 202 g/mol. The Morgan fingerprint density at radius 2 is 2.43 bits per heavy atom. The van der Waals surface area contributed by atoms with Crippen molar-refractivity contribution in [2.24, 2.45) is 0 Å². The fourth-order valence-electron chi connectivity index (χ4n) is 1.08. The highest BCUT2D eigenvalue weighted by atomic mass is 35.5. The zero-order chi connectivity index (χ0) is 10.4. The van der Waals surface area contributed by atoms with Gasteiger partial charge in [0, 0.05) is 26.0 Å². The maximum Gasteiger partial charge on any atom is 0.100 e. The van der Waals surface area contributed by atoms with Crippen LogP contribution in [0.5, 0.6) is 0 Å². The first-order valence-electron chi connectivity index (χ1n) is 4.86. The van der Waals surface area contributed by atoms with E-state index in [0.29, 0.717) is 0 Å². The van der Waals surface area contributed by atoms with Crippen LogP contribution in [0.2, 0.25) is 0 Å². The Bertz CT molecular complexity index is 262. The Hall–Kier alpha value is -0.610. The molecule has 0 radical (unpaired) electrons. The topological polar surface area (TPSA) is 39.9 Å². The number of rotatable bonds is 6. The van der Waals surface area contributed by atoms with Crippen molar-refractivity contribution < 1.29 is 4.74 Å². The maximum atomic E-state index is 5.86. The molecule has 0 saturated carbocycles. The van der Waals surface area contributed by atoms with Gasteiger partial charge in [0.2, 0.25) is 0 Å². The van der Waals surface area contributed by atoms with Crippen LogP contribution in [0.4, 0.5) is 0 Å². The van der Waals surface area contributed by atoms with Gasteiger partial charge in [-0.3, -0.25) is 4.68 Å². The van der Waals surface area contributed by atoms with Crippen LogP contribution >= 0.6 is 11.6 Å². The van der Waals surface area contributed by atoms with E-state index < -0.39 is 0 Å². The molecule has 0 aliphatic carbocycles. The summed E-state index contributed by atoms with van der Waals surface area (Å²) in [4.78, 5) is 0. The minimum Gasteiger partial charge on any atom is -0.382 e. The monoisotopic (exact) mass is 217 g/mol. The summed E-state index contributed by atoms with van der Waals surface area (Å²) < 4.78 is 7.02. The van der Waals surface area contributed by atoms with Crippen LogP contribution in [0.3, 0.4) is 0 Å². The van der Waals surface area contributed by atoms with Crippen molar-refractivity contribution >= 4 is 11.6 Å². The molecule has 14 heavy (non-hydrogen) atoms. The van der Waals surface area contributed by atoms with E-state index in [-0.39, 0.29) is 5.38 Å². The second kappa shape index (κ2) is 5.98. The number of halogens is 1. The van der Waals surface area contributed by atoms with E-state index in [4.69, 9.17) is 16.3 Å². The number of hydrogen-bond donors (Lipinski definition) is 0. The molecule has 80 valence electrons. The summed E-state index contributed by atoms with van der Waals surface area (Å²) >= 11 is 5.86. The van der Waals surface area contributed by atoms with Crippen LogP contribution in [0.25, 0.3) is 0 Å². The van der Waals surface area contributed by atoms with Gasteiger partial charge in [-0.1, -0.05) is 5.21 Å². The second-order valence-corrected chi connectivity index (χ2v) is 3.73. The van der Waals surface area contributed by atoms with Crippen LogP contribution in [0.15, 0.2) is 6.20 Å². The third-order valence-corrected chi connectivity index (χ3v) is 2.07. The molecular formula is C9H16ClN3O. The van der Waals surface area contributed by atoms with Gasteiger partial charge in [-0.2, -0.15) is 0 Å². The van der Waals surface area contributed by atoms with Crippen LogP contribution in [-0.4, -0.2) is 28.2 Å². The largest absolute Gasteiger partial charge is 0.382 e. The number of hydrogen-bond acceptors (Lipinski definition) is 3. The average molecular weight is 218 g/mol. The van der Waals surface area contributed by atoms with Gasteiger partial charge in [0.15, 0.2) is 0 Å². The lowest BCUT2D eigenvalue weighted by Crippen LogP contribution is -2.03. The lowest BCUT2D eigenvalue weighted by Gasteiger charge is -2.00. The standard InChI is InChI=1S/C9H16ClN3O/c1-3-14-6-4-5-13-7-9(8(2)10)11-12-13/h7-8H,3-6H2,1-2H3. The molecule has 0 amide bonds. The zero-order valence-corrected chi connectivity index (χ0v) is 9.37. The molecule has 1 atom stereocenters. The molecule has 1 aromatic heterocycles. The molecule has 0 N–H and O–H groups in total. The number of ether oxygens (including phenoxy) is 1. The molecule has 1 rings (SSSR count). The van der Waals surface area contributed by atoms with Gasteiger partial charge in [0.25, 0.3) is 0 Å². The molecule has 0 saturated heterocycles. The van der Waals surface area contributed by atoms with Crippen molar-refractivity contribution in [1.82, 2.24) is 15.0 Å². The third-order valence-electron chi connectivity index (χ3n) is 1.84. The third kappa shape index (κ3) is 3.64. The van der Waals surface area contributed by atoms with Crippen LogP contribution in [0.1, 0.15) is 31.3 Å². The van der Waals surface area contributed by atoms with Gasteiger partial charge in [-0.15, -0.1) is 16.7 Å². The highest BCUT2D eigenvalue weighted by molar-refractivity contribution is 6.20. The van der Waals surface area contributed by atoms with Crippen LogP contribution in [0, 0.1) is 0 Å². The average Bonchev–Trinajstić information content (AvgIpc) is 2.61. The van der Waals surface area contributed by atoms with E-state index in [9.17, 15) is 0 Å². The first-order valence-corrected chi connectivity index (χ1v) is 5.29. The molecule has 0 aromatic carbocycles. The van der Waals surface area contributed by atoms with Gasteiger partial charge in [-0.05, 0) is 20.3 Å². The summed E-state index contributed by atoms with van der Waals surface area (Å²) in [6.07, 6.45) is 2.83. The number of nitrogens with zero attached hydrogens (tertiary/aromatic N) is 3. The maximum absolute atomic E-state index is 5.86. The molecule has 5 heteroatoms. The van der Waals surface area contributed by atoms with E-state index in [1.165, 1.54) is 0 Å². The van der Waals surface area contributed by atoms with Crippen molar-refractivity contribution in [2.75, 3.05) is 13.2 Å². The van der Waals surface area contributed by atoms with Crippen LogP contribution < -0.4 is 0 Å². The summed E-state index contributed by atoms with van der Waals surface area (Å²) in [5.74, 6) is 0. The molecule has 1 heterocycles. The van der Waals surface area contributed by atoms with E-state index in [2.05, 4.69) is 10.3 Å². The molecule has 0 spiro atoms. The molecule has 0 aliphatic rings. The van der Waals surface area contributed by atoms with Gasteiger partial charge in [0.05, 0.1) is 5.38 Å². The zero-order valence-electron chi connectivity index (χ0n) is 8.61. The quantitative estimate of drug-likeness (QED) is 0.541. The number of aryl methyl sites for hydroxylation is 1. The van der Waals surface area contributed by atoms with Gasteiger partial charge < -0.3 is 4.74 Å². The van der Waals surface area contributed by atoms with E-state index >= 15 is 0 Å². The van der Waals surface area contributed by atoms with E-state index in [0.717, 1.165) is 31.9 Å². The Morgan fingerprint density at radius 1 is 1.64 bits per heavy atom. The first-order chi connectivity index (χ1) is 6.74. The minimum atomic E-state index is -0.0735.